The first-order valence-electron chi connectivity index (χ1n) is 2.63. The van der Waals surface area contributed by atoms with Gasteiger partial charge in [0.1, 0.15) is 0 Å². The molecule has 0 radical (unpaired) electrons. The highest BCUT2D eigenvalue weighted by Gasteiger charge is 2.23. The summed E-state index contributed by atoms with van der Waals surface area (Å²) in [6, 6.07) is 0. The summed E-state index contributed by atoms with van der Waals surface area (Å²) in [5.74, 6) is -9.57. The average molecular weight is 320 g/mol. The SMILES string of the molecule is Fc1c(F)c(F)c(I)c(F)c1F.[MgH2]. The zero-order valence-electron chi connectivity index (χ0n) is 5.27. The first-order valence-corrected chi connectivity index (χ1v) is 3.71. The van der Waals surface area contributed by atoms with Crippen molar-refractivity contribution in [3.05, 3.63) is 32.7 Å². The first-order chi connectivity index (χ1) is 5.46. The van der Waals surface area contributed by atoms with Crippen LogP contribution in [0.3, 0.4) is 0 Å². The highest BCUT2D eigenvalue weighted by Crippen LogP contribution is 2.23. The van der Waals surface area contributed by atoms with E-state index >= 15 is 0 Å². The minimum Gasteiger partial charge on any atom is -0.202 e. The minimum absolute atomic E-state index is 0. The summed E-state index contributed by atoms with van der Waals surface area (Å²) in [5.41, 5.74) is 0. The Bertz CT molecular complexity index is 235. The highest BCUT2D eigenvalue weighted by atomic mass is 127. The molecule has 0 aliphatic heterocycles. The van der Waals surface area contributed by atoms with Crippen molar-refractivity contribution in [3.63, 3.8) is 0 Å². The van der Waals surface area contributed by atoms with Gasteiger partial charge in [0.25, 0.3) is 0 Å². The van der Waals surface area contributed by atoms with E-state index in [9.17, 15) is 22.0 Å². The quantitative estimate of drug-likeness (QED) is 0.226. The van der Waals surface area contributed by atoms with Crippen LogP contribution >= 0.6 is 22.6 Å². The Balaban J connectivity index is 0.00000144. The Labute approximate surface area is 99.8 Å². The Morgan fingerprint density at radius 1 is 0.615 bits per heavy atom. The van der Waals surface area contributed by atoms with E-state index in [4.69, 9.17) is 0 Å². The second kappa shape index (κ2) is 4.74. The van der Waals surface area contributed by atoms with Gasteiger partial charge in [0.2, 0.25) is 5.82 Å². The lowest BCUT2D eigenvalue weighted by Crippen LogP contribution is -2.03. The van der Waals surface area contributed by atoms with Gasteiger partial charge in [-0.25, -0.2) is 22.0 Å². The van der Waals surface area contributed by atoms with Gasteiger partial charge < -0.3 is 0 Å². The predicted molar refractivity (Wildman–Crippen MR) is 47.5 cm³/mol. The maximum Gasteiger partial charge on any atom is 0.316 e. The van der Waals surface area contributed by atoms with Crippen molar-refractivity contribution >= 4 is 45.6 Å². The monoisotopic (exact) mass is 320 g/mol. The normalized spacial score (nSPS) is 9.69. The zero-order chi connectivity index (χ0) is 9.46. The van der Waals surface area contributed by atoms with Crippen LogP contribution in [0, 0.1) is 32.7 Å². The number of benzene rings is 1. The van der Waals surface area contributed by atoms with Crippen LogP contribution in [0.15, 0.2) is 0 Å². The molecule has 0 aliphatic rings. The van der Waals surface area contributed by atoms with Gasteiger partial charge in [0, 0.05) is 0 Å². The molecule has 13 heavy (non-hydrogen) atoms. The summed E-state index contributed by atoms with van der Waals surface area (Å²) in [6.07, 6.45) is 0. The number of hydrogen-bond donors (Lipinski definition) is 0. The standard InChI is InChI=1S/C6F5I.Mg.2H/c7-1-2(8)4(10)6(12)5(11)3(1)9;;;. The summed E-state index contributed by atoms with van der Waals surface area (Å²) in [4.78, 5) is 0. The molecule has 0 heterocycles. The summed E-state index contributed by atoms with van der Waals surface area (Å²) in [6.45, 7) is 0. The Kier molecular flexibility index (Phi) is 4.87. The fraction of sp³-hybridized carbons (Fsp3) is 0. The van der Waals surface area contributed by atoms with Crippen LogP contribution in [0.1, 0.15) is 0 Å². The van der Waals surface area contributed by atoms with Crippen molar-refractivity contribution in [1.29, 1.82) is 0 Å². The molecule has 0 spiro atoms. The third kappa shape index (κ3) is 2.24. The van der Waals surface area contributed by atoms with Crippen LogP contribution in [0.4, 0.5) is 22.0 Å². The van der Waals surface area contributed by atoms with Crippen LogP contribution in [-0.2, 0) is 0 Å². The molecule has 1 aromatic carbocycles. The molecule has 0 aliphatic carbocycles. The molecule has 70 valence electrons. The Morgan fingerprint density at radius 2 is 0.846 bits per heavy atom. The van der Waals surface area contributed by atoms with E-state index in [1.54, 1.807) is 0 Å². The van der Waals surface area contributed by atoms with Crippen LogP contribution in [0.2, 0.25) is 0 Å². The molecule has 7 heteroatoms. The van der Waals surface area contributed by atoms with E-state index in [0.29, 0.717) is 0 Å². The number of halogens is 6. The van der Waals surface area contributed by atoms with Crippen molar-refractivity contribution in [2.75, 3.05) is 0 Å². The van der Waals surface area contributed by atoms with Gasteiger partial charge in [-0.2, -0.15) is 0 Å². The van der Waals surface area contributed by atoms with Gasteiger partial charge in [0.05, 0.1) is 3.57 Å². The molecule has 0 N–H and O–H groups in total. The van der Waals surface area contributed by atoms with Crippen molar-refractivity contribution in [3.8, 4) is 0 Å². The molecule has 1 aromatic rings. The maximum absolute atomic E-state index is 12.4. The second-order valence-electron chi connectivity index (χ2n) is 1.88. The topological polar surface area (TPSA) is 0 Å². The van der Waals surface area contributed by atoms with Gasteiger partial charge in [-0.15, -0.1) is 0 Å². The summed E-state index contributed by atoms with van der Waals surface area (Å²) >= 11 is 1.04. The lowest BCUT2D eigenvalue weighted by Gasteiger charge is -2.00. The molecule has 0 saturated heterocycles. The van der Waals surface area contributed by atoms with Crippen molar-refractivity contribution in [2.24, 2.45) is 0 Å². The molecule has 0 atom stereocenters. The maximum atomic E-state index is 12.4. The van der Waals surface area contributed by atoms with Gasteiger partial charge in [-0.1, -0.05) is 0 Å². The number of rotatable bonds is 0. The second-order valence-corrected chi connectivity index (χ2v) is 2.96. The molecular weight excluding hydrogens is 318 g/mol. The molecule has 0 bridgehead atoms. The van der Waals surface area contributed by atoms with Crippen molar-refractivity contribution < 1.29 is 22.0 Å². The van der Waals surface area contributed by atoms with Crippen LogP contribution in [-0.4, -0.2) is 23.1 Å². The van der Waals surface area contributed by atoms with E-state index in [0.717, 1.165) is 22.6 Å². The Hall–Kier alpha value is 0.366. The summed E-state index contributed by atoms with van der Waals surface area (Å²) < 4.78 is 60.6. The first kappa shape index (κ1) is 13.4. The summed E-state index contributed by atoms with van der Waals surface area (Å²) in [5, 5.41) is 0. The smallest absolute Gasteiger partial charge is 0.202 e. The van der Waals surface area contributed by atoms with Crippen molar-refractivity contribution in [1.82, 2.24) is 0 Å². The third-order valence-corrected chi connectivity index (χ3v) is 2.10. The van der Waals surface area contributed by atoms with Gasteiger partial charge in [-0.3, -0.25) is 0 Å². The fourth-order valence-corrected chi connectivity index (χ4v) is 1.05. The predicted octanol–water partition coefficient (Wildman–Crippen LogP) is 2.07. The molecule has 0 aromatic heterocycles. The lowest BCUT2D eigenvalue weighted by atomic mass is 10.3. The van der Waals surface area contributed by atoms with E-state index in [-0.39, 0.29) is 23.1 Å². The molecule has 0 fully saturated rings. The van der Waals surface area contributed by atoms with E-state index < -0.39 is 32.7 Å². The van der Waals surface area contributed by atoms with E-state index in [2.05, 4.69) is 0 Å². The van der Waals surface area contributed by atoms with E-state index in [1.807, 2.05) is 0 Å². The largest absolute Gasteiger partial charge is 0.316 e. The lowest BCUT2D eigenvalue weighted by molar-refractivity contribution is 0.373. The zero-order valence-corrected chi connectivity index (χ0v) is 7.43. The highest BCUT2D eigenvalue weighted by molar-refractivity contribution is 14.1. The molecule has 0 nitrogen and oxygen atoms in total. The van der Waals surface area contributed by atoms with Gasteiger partial charge >= 0.3 is 23.1 Å². The average Bonchev–Trinajstić information content (AvgIpc) is 2.08. The van der Waals surface area contributed by atoms with E-state index in [1.165, 1.54) is 0 Å². The molecule has 0 unspecified atom stereocenters. The van der Waals surface area contributed by atoms with Crippen LogP contribution < -0.4 is 0 Å². The van der Waals surface area contributed by atoms with Crippen LogP contribution in [0.5, 0.6) is 0 Å². The Morgan fingerprint density at radius 3 is 1.15 bits per heavy atom. The number of hydrogen-bond acceptors (Lipinski definition) is 0. The van der Waals surface area contributed by atoms with Crippen molar-refractivity contribution in [2.45, 2.75) is 0 Å². The molecular formula is C6H2F5IMg. The van der Waals surface area contributed by atoms with Gasteiger partial charge in [-0.05, 0) is 22.6 Å². The molecule has 0 saturated carbocycles. The van der Waals surface area contributed by atoms with Crippen LogP contribution in [0.25, 0.3) is 0 Å². The minimum atomic E-state index is -2.13. The fourth-order valence-electron chi connectivity index (χ4n) is 0.578. The molecule has 1 rings (SSSR count). The molecule has 0 amide bonds. The third-order valence-electron chi connectivity index (χ3n) is 1.16. The summed E-state index contributed by atoms with van der Waals surface area (Å²) in [7, 11) is 0. The van der Waals surface area contributed by atoms with Gasteiger partial charge in [0.15, 0.2) is 23.3 Å².